The Hall–Kier alpha value is -0.400. The lowest BCUT2D eigenvalue weighted by Gasteiger charge is -1.94. The second kappa shape index (κ2) is 7.60. The molecule has 4 heteroatoms. The standard InChI is InChI=1S/C5H8O3.H3P/c1-2-5(7)8-4-3-6;/h2,6H,1,3-4H2;1H3. The van der Waals surface area contributed by atoms with Gasteiger partial charge in [-0.05, 0) is 0 Å². The molecule has 0 saturated carbocycles. The Balaban J connectivity index is 0. The first-order valence-electron chi connectivity index (χ1n) is 2.21. The molecule has 0 heterocycles. The van der Waals surface area contributed by atoms with Crippen molar-refractivity contribution in [3.63, 3.8) is 0 Å². The minimum absolute atomic E-state index is 0. The highest BCUT2D eigenvalue weighted by atomic mass is 31.0. The van der Waals surface area contributed by atoms with E-state index in [1.165, 1.54) is 0 Å². The third-order valence-electron chi connectivity index (χ3n) is 0.502. The fraction of sp³-hybridized carbons (Fsp3) is 0.400. The van der Waals surface area contributed by atoms with Crippen LogP contribution in [0.25, 0.3) is 0 Å². The number of carbonyl (C=O) groups is 1. The molecule has 1 N–H and O–H groups in total. The maximum atomic E-state index is 10.1. The molecule has 0 fully saturated rings. The zero-order valence-electron chi connectivity index (χ0n) is 5.17. The highest BCUT2D eigenvalue weighted by Gasteiger charge is 1.90. The fourth-order valence-electron chi connectivity index (χ4n) is 0.205. The Bertz CT molecular complexity index is 92.2. The summed E-state index contributed by atoms with van der Waals surface area (Å²) >= 11 is 0. The van der Waals surface area contributed by atoms with E-state index in [1.54, 1.807) is 0 Å². The van der Waals surface area contributed by atoms with E-state index in [0.29, 0.717) is 0 Å². The van der Waals surface area contributed by atoms with Gasteiger partial charge in [-0.2, -0.15) is 9.90 Å². The van der Waals surface area contributed by atoms with E-state index in [4.69, 9.17) is 5.11 Å². The van der Waals surface area contributed by atoms with E-state index in [9.17, 15) is 4.79 Å². The molecule has 0 radical (unpaired) electrons. The predicted molar refractivity (Wildman–Crippen MR) is 39.3 cm³/mol. The van der Waals surface area contributed by atoms with E-state index in [2.05, 4.69) is 11.3 Å². The van der Waals surface area contributed by atoms with Crippen LogP contribution in [0.15, 0.2) is 12.7 Å². The molecule has 0 aromatic heterocycles. The number of esters is 1. The van der Waals surface area contributed by atoms with Gasteiger partial charge in [-0.25, -0.2) is 4.79 Å². The van der Waals surface area contributed by atoms with Crippen molar-refractivity contribution >= 4 is 15.9 Å². The summed E-state index contributed by atoms with van der Waals surface area (Å²) in [4.78, 5) is 10.1. The van der Waals surface area contributed by atoms with Crippen LogP contribution in [0.1, 0.15) is 0 Å². The maximum Gasteiger partial charge on any atom is 0.330 e. The minimum Gasteiger partial charge on any atom is -0.460 e. The van der Waals surface area contributed by atoms with Crippen molar-refractivity contribution in [3.05, 3.63) is 12.7 Å². The van der Waals surface area contributed by atoms with Gasteiger partial charge in [-0.15, -0.1) is 0 Å². The largest absolute Gasteiger partial charge is 0.460 e. The molecule has 0 aromatic carbocycles. The molecule has 0 rings (SSSR count). The molecule has 3 nitrogen and oxygen atoms in total. The van der Waals surface area contributed by atoms with E-state index >= 15 is 0 Å². The number of hydrogen-bond acceptors (Lipinski definition) is 3. The number of aliphatic hydroxyl groups excluding tert-OH is 1. The van der Waals surface area contributed by atoms with Crippen LogP contribution in [0.3, 0.4) is 0 Å². The molecule has 0 bridgehead atoms. The number of hydrogen-bond donors (Lipinski definition) is 1. The summed E-state index contributed by atoms with van der Waals surface area (Å²) < 4.78 is 4.33. The number of carbonyl (C=O) groups excluding carboxylic acids is 1. The molecule has 1 unspecified atom stereocenters. The van der Waals surface area contributed by atoms with Crippen LogP contribution in [-0.2, 0) is 9.53 Å². The number of aliphatic hydroxyl groups is 1. The van der Waals surface area contributed by atoms with Gasteiger partial charge >= 0.3 is 5.97 Å². The highest BCUT2D eigenvalue weighted by Crippen LogP contribution is 1.75. The first-order chi connectivity index (χ1) is 3.81. The Labute approximate surface area is 57.3 Å². The SMILES string of the molecule is C=CC(=O)OCCO.P. The second-order valence-electron chi connectivity index (χ2n) is 1.10. The quantitative estimate of drug-likeness (QED) is 0.343. The van der Waals surface area contributed by atoms with Crippen LogP contribution >= 0.6 is 9.90 Å². The fourth-order valence-corrected chi connectivity index (χ4v) is 0.205. The molecule has 0 aliphatic carbocycles. The summed E-state index contributed by atoms with van der Waals surface area (Å²) in [5.41, 5.74) is 0. The molecule has 0 spiro atoms. The van der Waals surface area contributed by atoms with Crippen molar-refractivity contribution in [2.45, 2.75) is 0 Å². The van der Waals surface area contributed by atoms with Crippen molar-refractivity contribution in [3.8, 4) is 0 Å². The zero-order valence-corrected chi connectivity index (χ0v) is 6.58. The van der Waals surface area contributed by atoms with E-state index < -0.39 is 5.97 Å². The average Bonchev–Trinajstić information content (AvgIpc) is 1.83. The lowest BCUT2D eigenvalue weighted by Crippen LogP contribution is -2.04. The molecule has 0 aliphatic rings. The van der Waals surface area contributed by atoms with Crippen molar-refractivity contribution in [1.82, 2.24) is 0 Å². The van der Waals surface area contributed by atoms with Gasteiger partial charge in [0.25, 0.3) is 0 Å². The Kier molecular flexibility index (Phi) is 9.63. The number of ether oxygens (including phenoxy) is 1. The third-order valence-corrected chi connectivity index (χ3v) is 0.502. The van der Waals surface area contributed by atoms with Crippen LogP contribution in [0.2, 0.25) is 0 Å². The first kappa shape index (κ1) is 11.4. The lowest BCUT2D eigenvalue weighted by molar-refractivity contribution is -0.138. The summed E-state index contributed by atoms with van der Waals surface area (Å²) in [6.07, 6.45) is 1.05. The van der Waals surface area contributed by atoms with Crippen molar-refractivity contribution in [2.24, 2.45) is 0 Å². The van der Waals surface area contributed by atoms with Gasteiger partial charge < -0.3 is 9.84 Å². The van der Waals surface area contributed by atoms with E-state index in [-0.39, 0.29) is 23.1 Å². The molecule has 0 amide bonds. The predicted octanol–water partition coefficient (Wildman–Crippen LogP) is -0.234. The normalized spacial score (nSPS) is 7.22. The summed E-state index contributed by atoms with van der Waals surface area (Å²) in [6, 6.07) is 0. The van der Waals surface area contributed by atoms with Gasteiger partial charge in [-0.3, -0.25) is 0 Å². The molecule has 1 atom stereocenters. The summed E-state index contributed by atoms with van der Waals surface area (Å²) in [5, 5.41) is 8.10. The molecule has 0 saturated heterocycles. The third kappa shape index (κ3) is 7.60. The molecule has 0 aliphatic heterocycles. The Morgan fingerprint density at radius 1 is 1.78 bits per heavy atom. The highest BCUT2D eigenvalue weighted by molar-refractivity contribution is 6.92. The lowest BCUT2D eigenvalue weighted by atomic mass is 10.6. The van der Waals surface area contributed by atoms with Gasteiger partial charge in [0.1, 0.15) is 6.61 Å². The molecular weight excluding hydrogens is 139 g/mol. The van der Waals surface area contributed by atoms with Crippen molar-refractivity contribution in [2.75, 3.05) is 13.2 Å². The van der Waals surface area contributed by atoms with Crippen LogP contribution in [0.5, 0.6) is 0 Å². The van der Waals surface area contributed by atoms with Gasteiger partial charge in [0.05, 0.1) is 6.61 Å². The summed E-state index contributed by atoms with van der Waals surface area (Å²) in [5.74, 6) is -0.501. The zero-order chi connectivity index (χ0) is 6.41. The van der Waals surface area contributed by atoms with Gasteiger partial charge in [0.2, 0.25) is 0 Å². The molecule has 0 aromatic rings. The minimum atomic E-state index is -0.501. The van der Waals surface area contributed by atoms with E-state index in [1.807, 2.05) is 0 Å². The monoisotopic (exact) mass is 150 g/mol. The van der Waals surface area contributed by atoms with Crippen LogP contribution < -0.4 is 0 Å². The van der Waals surface area contributed by atoms with Gasteiger partial charge in [0, 0.05) is 6.08 Å². The smallest absolute Gasteiger partial charge is 0.330 e. The second-order valence-corrected chi connectivity index (χ2v) is 1.10. The van der Waals surface area contributed by atoms with Crippen LogP contribution in [-0.4, -0.2) is 24.3 Å². The summed E-state index contributed by atoms with van der Waals surface area (Å²) in [6.45, 7) is 3.06. The maximum absolute atomic E-state index is 10.1. The van der Waals surface area contributed by atoms with Crippen LogP contribution in [0.4, 0.5) is 0 Å². The molecule has 54 valence electrons. The first-order valence-corrected chi connectivity index (χ1v) is 2.21. The molecule has 9 heavy (non-hydrogen) atoms. The average molecular weight is 150 g/mol. The molecular formula is C5H11O3P. The number of rotatable bonds is 3. The Morgan fingerprint density at radius 3 is 2.67 bits per heavy atom. The van der Waals surface area contributed by atoms with Crippen molar-refractivity contribution < 1.29 is 14.6 Å². The topological polar surface area (TPSA) is 46.5 Å². The van der Waals surface area contributed by atoms with E-state index in [0.717, 1.165) is 6.08 Å². The van der Waals surface area contributed by atoms with Crippen LogP contribution in [0, 0.1) is 0 Å². The van der Waals surface area contributed by atoms with Gasteiger partial charge in [0.15, 0.2) is 0 Å². The van der Waals surface area contributed by atoms with Gasteiger partial charge in [-0.1, -0.05) is 6.58 Å². The van der Waals surface area contributed by atoms with Crippen molar-refractivity contribution in [1.29, 1.82) is 0 Å². The summed E-state index contributed by atoms with van der Waals surface area (Å²) in [7, 11) is 0. The Morgan fingerprint density at radius 2 is 2.33 bits per heavy atom.